The number of aliphatic hydroxyl groups is 1. The molecule has 0 spiro atoms. The number of rotatable bonds is 8. The smallest absolute Gasteiger partial charge is 0.295 e. The van der Waals surface area contributed by atoms with Crippen molar-refractivity contribution in [3.05, 3.63) is 101 Å². The topological polar surface area (TPSA) is 79.7 Å². The third kappa shape index (κ3) is 4.80. The molecule has 0 bridgehead atoms. The van der Waals surface area contributed by atoms with Gasteiger partial charge in [0.05, 0.1) is 18.2 Å². The normalized spacial score (nSPS) is 17.4. The fourth-order valence-corrected chi connectivity index (χ4v) is 3.94. The van der Waals surface area contributed by atoms with Gasteiger partial charge in [0.1, 0.15) is 11.5 Å². The summed E-state index contributed by atoms with van der Waals surface area (Å²) in [5.41, 5.74) is 2.05. The molecule has 0 radical (unpaired) electrons. The van der Waals surface area contributed by atoms with E-state index < -0.39 is 17.7 Å². The molecular weight excluding hydrogens is 416 g/mol. The number of hydrogen-bond acceptors (Lipinski definition) is 5. The molecule has 1 aliphatic heterocycles. The van der Waals surface area contributed by atoms with Gasteiger partial charge in [0.15, 0.2) is 0 Å². The van der Waals surface area contributed by atoms with Crippen LogP contribution in [0, 0.1) is 0 Å². The summed E-state index contributed by atoms with van der Waals surface area (Å²) in [6, 6.07) is 19.2. The minimum absolute atomic E-state index is 0.0702. The van der Waals surface area contributed by atoms with E-state index in [2.05, 4.69) is 11.9 Å². The minimum atomic E-state index is -0.712. The number of likely N-dealkylation sites (tertiary alicyclic amines) is 1. The van der Waals surface area contributed by atoms with Gasteiger partial charge in [-0.1, -0.05) is 61.9 Å². The molecule has 3 aromatic rings. The lowest BCUT2D eigenvalue weighted by molar-refractivity contribution is -0.140. The van der Waals surface area contributed by atoms with Gasteiger partial charge < -0.3 is 14.7 Å². The van der Waals surface area contributed by atoms with Crippen LogP contribution in [0.15, 0.2) is 84.7 Å². The van der Waals surface area contributed by atoms with E-state index in [-0.39, 0.29) is 17.9 Å². The number of hydrogen-bond donors (Lipinski definition) is 1. The first-order valence-corrected chi connectivity index (χ1v) is 11.1. The van der Waals surface area contributed by atoms with Crippen molar-refractivity contribution in [3.63, 3.8) is 0 Å². The highest BCUT2D eigenvalue weighted by atomic mass is 16.5. The van der Waals surface area contributed by atoms with E-state index in [1.54, 1.807) is 36.7 Å². The summed E-state index contributed by atoms with van der Waals surface area (Å²) < 4.78 is 5.76. The number of benzene rings is 2. The number of aliphatic hydroxyl groups excluding tert-OH is 1. The summed E-state index contributed by atoms with van der Waals surface area (Å²) in [5.74, 6) is -0.961. The minimum Gasteiger partial charge on any atom is -0.507 e. The van der Waals surface area contributed by atoms with Crippen LogP contribution in [-0.2, 0) is 16.1 Å². The largest absolute Gasteiger partial charge is 0.507 e. The van der Waals surface area contributed by atoms with Gasteiger partial charge in [0.25, 0.3) is 11.7 Å². The number of unbranched alkanes of at least 4 members (excludes halogenated alkanes) is 1. The van der Waals surface area contributed by atoms with E-state index in [4.69, 9.17) is 4.74 Å². The van der Waals surface area contributed by atoms with E-state index in [9.17, 15) is 14.7 Å². The van der Waals surface area contributed by atoms with Crippen LogP contribution in [0.4, 0.5) is 0 Å². The molecule has 1 aromatic heterocycles. The quantitative estimate of drug-likeness (QED) is 0.233. The van der Waals surface area contributed by atoms with Gasteiger partial charge in [0, 0.05) is 24.5 Å². The molecule has 0 aliphatic carbocycles. The Balaban J connectivity index is 1.76. The highest BCUT2D eigenvalue weighted by molar-refractivity contribution is 6.46. The number of carbonyl (C=O) groups is 2. The van der Waals surface area contributed by atoms with Crippen LogP contribution >= 0.6 is 0 Å². The Morgan fingerprint density at radius 2 is 1.88 bits per heavy atom. The molecule has 2 aromatic carbocycles. The summed E-state index contributed by atoms with van der Waals surface area (Å²) in [7, 11) is 0. The molecule has 6 nitrogen and oxygen atoms in total. The van der Waals surface area contributed by atoms with Crippen molar-refractivity contribution in [1.29, 1.82) is 0 Å². The number of Topliss-reactive ketones (excluding diaryl/α,β-unsaturated/α-hetero) is 1. The number of amides is 1. The SMILES string of the molecule is CCCCOc1cccc(C(O)=C2C(=O)C(=O)N(Cc3cccnc3)C2c2ccccc2)c1. The molecule has 1 N–H and O–H groups in total. The predicted octanol–water partition coefficient (Wildman–Crippen LogP) is 4.88. The lowest BCUT2D eigenvalue weighted by atomic mass is 9.95. The highest BCUT2D eigenvalue weighted by Gasteiger charge is 2.46. The standard InChI is InChI=1S/C27H26N2O4/c1-2-3-15-33-22-13-7-12-21(16-22)25(30)23-24(20-10-5-4-6-11-20)29(27(32)26(23)31)18-19-9-8-14-28-17-19/h4-14,16-17,24,30H,2-3,15,18H2,1H3. The zero-order valence-electron chi connectivity index (χ0n) is 18.5. The van der Waals surface area contributed by atoms with E-state index in [1.165, 1.54) is 4.90 Å². The van der Waals surface area contributed by atoms with Gasteiger partial charge >= 0.3 is 0 Å². The molecule has 1 fully saturated rings. The molecule has 168 valence electrons. The Bertz CT molecular complexity index is 1160. The molecule has 6 heteroatoms. The van der Waals surface area contributed by atoms with E-state index in [1.807, 2.05) is 42.5 Å². The molecule has 33 heavy (non-hydrogen) atoms. The molecule has 1 atom stereocenters. The molecular formula is C27H26N2O4. The molecule has 4 rings (SSSR count). The number of aromatic nitrogens is 1. The molecule has 2 heterocycles. The predicted molar refractivity (Wildman–Crippen MR) is 125 cm³/mol. The zero-order valence-corrected chi connectivity index (χ0v) is 18.5. The maximum Gasteiger partial charge on any atom is 0.295 e. The molecule has 0 saturated carbocycles. The Morgan fingerprint density at radius 3 is 2.61 bits per heavy atom. The van der Waals surface area contributed by atoms with Crippen LogP contribution in [0.5, 0.6) is 5.75 Å². The third-order valence-electron chi connectivity index (χ3n) is 5.61. The Morgan fingerprint density at radius 1 is 1.06 bits per heavy atom. The van der Waals surface area contributed by atoms with Gasteiger partial charge in [-0.3, -0.25) is 14.6 Å². The number of nitrogens with zero attached hydrogens (tertiary/aromatic N) is 2. The Kier molecular flexibility index (Phi) is 6.83. The van der Waals surface area contributed by atoms with Gasteiger partial charge in [-0.2, -0.15) is 0 Å². The van der Waals surface area contributed by atoms with Gasteiger partial charge in [-0.05, 0) is 35.7 Å². The van der Waals surface area contributed by atoms with Crippen molar-refractivity contribution in [1.82, 2.24) is 9.88 Å². The maximum atomic E-state index is 13.1. The van der Waals surface area contributed by atoms with E-state index in [0.717, 1.165) is 24.0 Å². The van der Waals surface area contributed by atoms with Crippen molar-refractivity contribution in [2.75, 3.05) is 6.61 Å². The molecule has 1 saturated heterocycles. The van der Waals surface area contributed by atoms with Crippen LogP contribution < -0.4 is 4.74 Å². The average molecular weight is 443 g/mol. The Labute approximate surface area is 193 Å². The second-order valence-electron chi connectivity index (χ2n) is 7.93. The first-order valence-electron chi connectivity index (χ1n) is 11.1. The first kappa shape index (κ1) is 22.3. The summed E-state index contributed by atoms with van der Waals surface area (Å²) in [4.78, 5) is 31.8. The van der Waals surface area contributed by atoms with Crippen LogP contribution in [0.25, 0.3) is 5.76 Å². The molecule has 1 amide bonds. The van der Waals surface area contributed by atoms with Crippen LogP contribution in [0.1, 0.15) is 42.5 Å². The zero-order chi connectivity index (χ0) is 23.2. The maximum absolute atomic E-state index is 13.1. The molecule has 1 unspecified atom stereocenters. The molecule has 1 aliphatic rings. The fourth-order valence-electron chi connectivity index (χ4n) is 3.94. The summed E-state index contributed by atoms with van der Waals surface area (Å²) in [6.07, 6.45) is 5.25. The number of carbonyl (C=O) groups excluding carboxylic acids is 2. The lowest BCUT2D eigenvalue weighted by Gasteiger charge is -2.25. The van der Waals surface area contributed by atoms with Crippen molar-refractivity contribution in [3.8, 4) is 5.75 Å². The van der Waals surface area contributed by atoms with Gasteiger partial charge in [-0.25, -0.2) is 0 Å². The summed E-state index contributed by atoms with van der Waals surface area (Å²) >= 11 is 0. The fraction of sp³-hybridized carbons (Fsp3) is 0.222. The second kappa shape index (κ2) is 10.1. The number of ether oxygens (including phenoxy) is 1. The second-order valence-corrected chi connectivity index (χ2v) is 7.93. The van der Waals surface area contributed by atoms with Crippen LogP contribution in [-0.4, -0.2) is 33.3 Å². The van der Waals surface area contributed by atoms with Crippen molar-refractivity contribution < 1.29 is 19.4 Å². The van der Waals surface area contributed by atoms with Crippen LogP contribution in [0.3, 0.4) is 0 Å². The van der Waals surface area contributed by atoms with Gasteiger partial charge in [-0.15, -0.1) is 0 Å². The lowest BCUT2D eigenvalue weighted by Crippen LogP contribution is -2.29. The van der Waals surface area contributed by atoms with Crippen molar-refractivity contribution in [2.24, 2.45) is 0 Å². The van der Waals surface area contributed by atoms with Crippen molar-refractivity contribution in [2.45, 2.75) is 32.4 Å². The van der Waals surface area contributed by atoms with Crippen molar-refractivity contribution >= 4 is 17.4 Å². The average Bonchev–Trinajstić information content (AvgIpc) is 3.10. The summed E-state index contributed by atoms with van der Waals surface area (Å²) in [5, 5.41) is 11.2. The number of ketones is 1. The monoisotopic (exact) mass is 442 g/mol. The van der Waals surface area contributed by atoms with E-state index >= 15 is 0 Å². The highest BCUT2D eigenvalue weighted by Crippen LogP contribution is 2.40. The number of pyridine rings is 1. The Hall–Kier alpha value is -3.93. The van der Waals surface area contributed by atoms with Crippen LogP contribution in [0.2, 0.25) is 0 Å². The third-order valence-corrected chi connectivity index (χ3v) is 5.61. The first-order chi connectivity index (χ1) is 16.1. The van der Waals surface area contributed by atoms with E-state index in [0.29, 0.717) is 17.9 Å². The van der Waals surface area contributed by atoms with Gasteiger partial charge in [0.2, 0.25) is 0 Å². The summed E-state index contributed by atoms with van der Waals surface area (Å²) in [6.45, 7) is 2.86.